The van der Waals surface area contributed by atoms with E-state index in [0.29, 0.717) is 18.8 Å². The fourth-order valence-electron chi connectivity index (χ4n) is 3.20. The predicted octanol–water partition coefficient (Wildman–Crippen LogP) is 3.28. The van der Waals surface area contributed by atoms with Crippen molar-refractivity contribution < 1.29 is 18.0 Å². The zero-order valence-electron chi connectivity index (χ0n) is 14.3. The molecule has 2 N–H and O–H groups in total. The van der Waals surface area contributed by atoms with Crippen LogP contribution in [0.15, 0.2) is 48.7 Å². The number of alkyl halides is 3. The molecule has 0 aliphatic carbocycles. The number of halogens is 3. The van der Waals surface area contributed by atoms with Gasteiger partial charge in [0.25, 0.3) is 0 Å². The van der Waals surface area contributed by atoms with E-state index in [2.05, 4.69) is 15.6 Å². The number of rotatable bonds is 4. The summed E-state index contributed by atoms with van der Waals surface area (Å²) in [6.07, 6.45) is -3.59. The minimum Gasteiger partial charge on any atom is -0.349 e. The van der Waals surface area contributed by atoms with E-state index in [4.69, 9.17) is 0 Å². The summed E-state index contributed by atoms with van der Waals surface area (Å²) in [5, 5.41) is 6.12. The van der Waals surface area contributed by atoms with Gasteiger partial charge < -0.3 is 10.6 Å². The molecule has 1 aromatic heterocycles. The Kier molecular flexibility index (Phi) is 5.27. The maximum atomic E-state index is 12.7. The highest BCUT2D eigenvalue weighted by Crippen LogP contribution is 2.32. The topological polar surface area (TPSA) is 54.0 Å². The Balaban J connectivity index is 1.70. The molecule has 3 atom stereocenters. The van der Waals surface area contributed by atoms with Gasteiger partial charge >= 0.3 is 6.18 Å². The van der Waals surface area contributed by atoms with Crippen molar-refractivity contribution in [2.45, 2.75) is 25.1 Å². The molecular weight excluding hydrogens is 343 g/mol. The number of benzene rings is 1. The number of carbonyl (C=O) groups is 1. The molecule has 2 heterocycles. The third kappa shape index (κ3) is 4.04. The first-order chi connectivity index (χ1) is 12.4. The molecule has 3 unspecified atom stereocenters. The molecule has 2 aromatic rings. The first kappa shape index (κ1) is 18.4. The second kappa shape index (κ2) is 7.45. The van der Waals surface area contributed by atoms with Crippen LogP contribution in [-0.4, -0.2) is 24.0 Å². The normalized spacial score (nSPS) is 21.4. The zero-order chi connectivity index (χ0) is 18.7. The van der Waals surface area contributed by atoms with Crippen molar-refractivity contribution in [3.05, 3.63) is 65.5 Å². The maximum absolute atomic E-state index is 12.7. The molecule has 1 amide bonds. The Bertz CT molecular complexity index is 747. The number of hydrogen-bond donors (Lipinski definition) is 2. The van der Waals surface area contributed by atoms with Crippen molar-refractivity contribution in [1.82, 2.24) is 15.6 Å². The smallest absolute Gasteiger partial charge is 0.349 e. The molecule has 0 bridgehead atoms. The highest BCUT2D eigenvalue weighted by molar-refractivity contribution is 5.80. The average Bonchev–Trinajstić information content (AvgIpc) is 3.11. The van der Waals surface area contributed by atoms with Crippen LogP contribution in [0.1, 0.15) is 35.7 Å². The van der Waals surface area contributed by atoms with Gasteiger partial charge in [0.1, 0.15) is 0 Å². The molecule has 3 rings (SSSR count). The van der Waals surface area contributed by atoms with Crippen LogP contribution in [0.4, 0.5) is 13.2 Å². The van der Waals surface area contributed by atoms with Gasteiger partial charge in [-0.1, -0.05) is 30.3 Å². The Morgan fingerprint density at radius 3 is 2.54 bits per heavy atom. The summed E-state index contributed by atoms with van der Waals surface area (Å²) in [6.45, 7) is 2.89. The lowest BCUT2D eigenvalue weighted by molar-refractivity contribution is -0.137. The minimum absolute atomic E-state index is 0.127. The highest BCUT2D eigenvalue weighted by Gasteiger charge is 2.36. The van der Waals surface area contributed by atoms with Crippen LogP contribution in [0.2, 0.25) is 0 Å². The van der Waals surface area contributed by atoms with E-state index in [1.165, 1.54) is 6.07 Å². The van der Waals surface area contributed by atoms with E-state index in [1.54, 1.807) is 0 Å². The van der Waals surface area contributed by atoms with Crippen LogP contribution in [0, 0.1) is 5.92 Å². The molecule has 1 aliphatic heterocycles. The molecule has 1 aliphatic rings. The van der Waals surface area contributed by atoms with Gasteiger partial charge in [0, 0.05) is 30.9 Å². The molecule has 7 heteroatoms. The summed E-state index contributed by atoms with van der Waals surface area (Å²) in [6, 6.07) is 11.8. The van der Waals surface area contributed by atoms with Gasteiger partial charge in [0.2, 0.25) is 5.91 Å². The Hall–Kier alpha value is -2.41. The summed E-state index contributed by atoms with van der Waals surface area (Å²) >= 11 is 0. The summed E-state index contributed by atoms with van der Waals surface area (Å²) in [7, 11) is 0. The number of nitrogens with one attached hydrogen (secondary N) is 2. The van der Waals surface area contributed by atoms with E-state index in [9.17, 15) is 18.0 Å². The predicted molar refractivity (Wildman–Crippen MR) is 91.3 cm³/mol. The second-order valence-electron chi connectivity index (χ2n) is 6.48. The largest absolute Gasteiger partial charge is 0.417 e. The van der Waals surface area contributed by atoms with Crippen LogP contribution < -0.4 is 10.6 Å². The monoisotopic (exact) mass is 363 g/mol. The lowest BCUT2D eigenvalue weighted by Crippen LogP contribution is -2.36. The first-order valence-corrected chi connectivity index (χ1v) is 8.45. The van der Waals surface area contributed by atoms with Gasteiger partial charge in [0.15, 0.2) is 0 Å². The van der Waals surface area contributed by atoms with Gasteiger partial charge in [-0.05, 0) is 24.6 Å². The highest BCUT2D eigenvalue weighted by atomic mass is 19.4. The molecule has 0 spiro atoms. The molecule has 26 heavy (non-hydrogen) atoms. The van der Waals surface area contributed by atoms with E-state index in [-0.39, 0.29) is 23.8 Å². The van der Waals surface area contributed by atoms with Crippen molar-refractivity contribution in [2.24, 2.45) is 5.92 Å². The fraction of sp³-hybridized carbons (Fsp3) is 0.368. The molecule has 138 valence electrons. The van der Waals surface area contributed by atoms with Gasteiger partial charge in [-0.15, -0.1) is 0 Å². The quantitative estimate of drug-likeness (QED) is 0.877. The maximum Gasteiger partial charge on any atom is 0.417 e. The van der Waals surface area contributed by atoms with E-state index >= 15 is 0 Å². The standard InChI is InChI=1S/C19H20F3N3O/c1-12(13-5-3-2-4-6-13)25-18(26)16-11-23-10-15(16)17-8-7-14(9-24-17)19(20,21)22/h2-9,12,15-16,23H,10-11H2,1H3,(H,25,26). The summed E-state index contributed by atoms with van der Waals surface area (Å²) in [5.41, 5.74) is 0.706. The number of aromatic nitrogens is 1. The number of amides is 1. The number of carbonyl (C=O) groups excluding carboxylic acids is 1. The van der Waals surface area contributed by atoms with Crippen LogP contribution in [0.3, 0.4) is 0 Å². The van der Waals surface area contributed by atoms with E-state index in [1.807, 2.05) is 37.3 Å². The van der Waals surface area contributed by atoms with Gasteiger partial charge in [-0.3, -0.25) is 9.78 Å². The van der Waals surface area contributed by atoms with Crippen LogP contribution in [-0.2, 0) is 11.0 Å². The molecule has 0 radical (unpaired) electrons. The van der Waals surface area contributed by atoms with E-state index in [0.717, 1.165) is 17.8 Å². The average molecular weight is 363 g/mol. The lowest BCUT2D eigenvalue weighted by Gasteiger charge is -2.21. The summed E-state index contributed by atoms with van der Waals surface area (Å²) in [4.78, 5) is 16.6. The Morgan fingerprint density at radius 2 is 1.92 bits per heavy atom. The van der Waals surface area contributed by atoms with Crippen LogP contribution >= 0.6 is 0 Å². The molecule has 1 saturated heterocycles. The third-order valence-electron chi connectivity index (χ3n) is 4.70. The fourth-order valence-corrected chi connectivity index (χ4v) is 3.20. The van der Waals surface area contributed by atoms with Crippen molar-refractivity contribution in [2.75, 3.05) is 13.1 Å². The van der Waals surface area contributed by atoms with Crippen LogP contribution in [0.25, 0.3) is 0 Å². The van der Waals surface area contributed by atoms with Gasteiger partial charge in [0.05, 0.1) is 17.5 Å². The van der Waals surface area contributed by atoms with Gasteiger partial charge in [-0.25, -0.2) is 0 Å². The first-order valence-electron chi connectivity index (χ1n) is 8.45. The number of nitrogens with zero attached hydrogens (tertiary/aromatic N) is 1. The Morgan fingerprint density at radius 1 is 1.19 bits per heavy atom. The SMILES string of the molecule is CC(NC(=O)C1CNCC1c1ccc(C(F)(F)F)cn1)c1ccccc1. The number of pyridine rings is 1. The molecule has 4 nitrogen and oxygen atoms in total. The van der Waals surface area contributed by atoms with Crippen molar-refractivity contribution in [1.29, 1.82) is 0 Å². The second-order valence-corrected chi connectivity index (χ2v) is 6.48. The molecule has 0 saturated carbocycles. The van der Waals surface area contributed by atoms with Crippen molar-refractivity contribution in [3.8, 4) is 0 Å². The minimum atomic E-state index is -4.42. The van der Waals surface area contributed by atoms with Gasteiger partial charge in [-0.2, -0.15) is 13.2 Å². The van der Waals surface area contributed by atoms with Crippen molar-refractivity contribution >= 4 is 5.91 Å². The molecule has 1 aromatic carbocycles. The van der Waals surface area contributed by atoms with Crippen molar-refractivity contribution in [3.63, 3.8) is 0 Å². The lowest BCUT2D eigenvalue weighted by atomic mass is 9.91. The van der Waals surface area contributed by atoms with E-state index < -0.39 is 11.7 Å². The Labute approximate surface area is 149 Å². The molecule has 1 fully saturated rings. The van der Waals surface area contributed by atoms with Crippen LogP contribution in [0.5, 0.6) is 0 Å². The third-order valence-corrected chi connectivity index (χ3v) is 4.70. The summed E-state index contributed by atoms with van der Waals surface area (Å²) < 4.78 is 38.1. The summed E-state index contributed by atoms with van der Waals surface area (Å²) in [5.74, 6) is -0.747. The number of hydrogen-bond acceptors (Lipinski definition) is 3. The molecular formula is C19H20F3N3O. The zero-order valence-corrected chi connectivity index (χ0v) is 14.3.